The number of nitrogens with zero attached hydrogens (tertiary/aromatic N) is 2. The molecule has 0 N–H and O–H groups in total. The van der Waals surface area contributed by atoms with Crippen molar-refractivity contribution in [2.45, 2.75) is 31.3 Å². The van der Waals surface area contributed by atoms with Crippen molar-refractivity contribution in [1.29, 1.82) is 0 Å². The highest BCUT2D eigenvalue weighted by atomic mass is 35.5. The largest absolute Gasteiger partial charge is 0.435 e. The summed E-state index contributed by atoms with van der Waals surface area (Å²) in [6.45, 7) is 4.52. The number of benzene rings is 2. The van der Waals surface area contributed by atoms with Crippen molar-refractivity contribution < 1.29 is 17.4 Å². The molecule has 0 spiro atoms. The SMILES string of the molecule is CCCOSc1cccc(-c2ccc(-c3cc(C(F)(F)F)nn3-c3cc(Cl)ccc3C)s2)c1. The summed E-state index contributed by atoms with van der Waals surface area (Å²) < 4.78 is 47.4. The molecule has 2 aromatic heterocycles. The maximum atomic E-state index is 13.5. The lowest BCUT2D eigenvalue weighted by Crippen LogP contribution is -2.08. The topological polar surface area (TPSA) is 27.1 Å². The van der Waals surface area contributed by atoms with Crippen LogP contribution >= 0.6 is 35.0 Å². The lowest BCUT2D eigenvalue weighted by atomic mass is 10.2. The van der Waals surface area contributed by atoms with Gasteiger partial charge >= 0.3 is 6.18 Å². The predicted octanol–water partition coefficient (Wildman–Crippen LogP) is 8.68. The molecular formula is C24H20ClF3N2OS2. The van der Waals surface area contributed by atoms with E-state index in [9.17, 15) is 13.2 Å². The summed E-state index contributed by atoms with van der Waals surface area (Å²) in [7, 11) is 0. The zero-order chi connectivity index (χ0) is 23.6. The summed E-state index contributed by atoms with van der Waals surface area (Å²) in [6.07, 6.45) is -3.63. The first-order chi connectivity index (χ1) is 15.8. The van der Waals surface area contributed by atoms with E-state index in [0.717, 1.165) is 33.4 Å². The average Bonchev–Trinajstić information content (AvgIpc) is 3.43. The summed E-state index contributed by atoms with van der Waals surface area (Å²) in [5.74, 6) is 0. The maximum absolute atomic E-state index is 13.5. The molecule has 2 aromatic carbocycles. The summed E-state index contributed by atoms with van der Waals surface area (Å²) in [5, 5.41) is 4.32. The van der Waals surface area contributed by atoms with Gasteiger partial charge in [0.1, 0.15) is 0 Å². The Balaban J connectivity index is 1.74. The number of aromatic nitrogens is 2. The van der Waals surface area contributed by atoms with E-state index in [-0.39, 0.29) is 0 Å². The van der Waals surface area contributed by atoms with Gasteiger partial charge in [0.05, 0.1) is 22.9 Å². The van der Waals surface area contributed by atoms with Gasteiger partial charge in [-0.3, -0.25) is 0 Å². The molecule has 3 nitrogen and oxygen atoms in total. The minimum Gasteiger partial charge on any atom is -0.310 e. The quantitative estimate of drug-likeness (QED) is 0.184. The molecule has 4 aromatic rings. The highest BCUT2D eigenvalue weighted by Gasteiger charge is 2.35. The molecule has 2 heterocycles. The normalized spacial score (nSPS) is 11.8. The molecule has 0 fully saturated rings. The molecule has 0 aliphatic heterocycles. The molecule has 0 saturated carbocycles. The third-order valence-corrected chi connectivity index (χ3v) is 6.94. The van der Waals surface area contributed by atoms with Crippen LogP contribution in [-0.2, 0) is 10.4 Å². The van der Waals surface area contributed by atoms with Crippen LogP contribution in [0.3, 0.4) is 0 Å². The first kappa shape index (κ1) is 23.9. The van der Waals surface area contributed by atoms with E-state index in [1.807, 2.05) is 50.2 Å². The van der Waals surface area contributed by atoms with Gasteiger partial charge in [-0.15, -0.1) is 11.3 Å². The second-order valence-electron chi connectivity index (χ2n) is 7.35. The van der Waals surface area contributed by atoms with Crippen LogP contribution in [0.25, 0.3) is 26.7 Å². The fourth-order valence-electron chi connectivity index (χ4n) is 3.21. The maximum Gasteiger partial charge on any atom is 0.435 e. The zero-order valence-electron chi connectivity index (χ0n) is 17.8. The van der Waals surface area contributed by atoms with E-state index in [0.29, 0.717) is 27.9 Å². The Morgan fingerprint density at radius 3 is 2.61 bits per heavy atom. The van der Waals surface area contributed by atoms with Gasteiger partial charge in [-0.05, 0) is 66.9 Å². The van der Waals surface area contributed by atoms with E-state index in [2.05, 4.69) is 5.10 Å². The number of thiophene rings is 1. The van der Waals surface area contributed by atoms with Crippen molar-refractivity contribution in [1.82, 2.24) is 9.78 Å². The third-order valence-electron chi connectivity index (χ3n) is 4.82. The Kier molecular flexibility index (Phi) is 7.19. The van der Waals surface area contributed by atoms with Crippen LogP contribution in [0.1, 0.15) is 24.6 Å². The molecular weight excluding hydrogens is 489 g/mol. The Morgan fingerprint density at radius 1 is 1.06 bits per heavy atom. The average molecular weight is 509 g/mol. The van der Waals surface area contributed by atoms with Crippen LogP contribution in [0.4, 0.5) is 13.2 Å². The summed E-state index contributed by atoms with van der Waals surface area (Å²) in [4.78, 5) is 2.58. The fraction of sp³-hybridized carbons (Fsp3) is 0.208. The smallest absolute Gasteiger partial charge is 0.310 e. The summed E-state index contributed by atoms with van der Waals surface area (Å²) in [6, 6.07) is 17.8. The first-order valence-electron chi connectivity index (χ1n) is 10.2. The molecule has 0 unspecified atom stereocenters. The van der Waals surface area contributed by atoms with E-state index in [4.69, 9.17) is 15.8 Å². The zero-order valence-corrected chi connectivity index (χ0v) is 20.2. The van der Waals surface area contributed by atoms with Gasteiger partial charge in [0, 0.05) is 26.8 Å². The highest BCUT2D eigenvalue weighted by molar-refractivity contribution is 7.94. The van der Waals surface area contributed by atoms with Crippen LogP contribution in [0.15, 0.2) is 65.6 Å². The monoisotopic (exact) mass is 508 g/mol. The van der Waals surface area contributed by atoms with Gasteiger partial charge < -0.3 is 4.18 Å². The minimum absolute atomic E-state index is 0.362. The fourth-order valence-corrected chi connectivity index (χ4v) is 5.08. The molecule has 0 radical (unpaired) electrons. The van der Waals surface area contributed by atoms with Crippen molar-refractivity contribution in [3.05, 3.63) is 76.9 Å². The van der Waals surface area contributed by atoms with Crippen LogP contribution in [0.2, 0.25) is 5.02 Å². The summed E-state index contributed by atoms with van der Waals surface area (Å²) in [5.41, 5.74) is 1.66. The third kappa shape index (κ3) is 5.46. The van der Waals surface area contributed by atoms with Gasteiger partial charge in [-0.2, -0.15) is 18.3 Å². The molecule has 0 saturated heterocycles. The van der Waals surface area contributed by atoms with Gasteiger partial charge in [0.25, 0.3) is 0 Å². The minimum atomic E-state index is -4.56. The number of rotatable bonds is 7. The van der Waals surface area contributed by atoms with Gasteiger partial charge in [0.2, 0.25) is 0 Å². The van der Waals surface area contributed by atoms with Crippen LogP contribution in [0.5, 0.6) is 0 Å². The molecule has 0 bridgehead atoms. The van der Waals surface area contributed by atoms with Crippen molar-refractivity contribution in [3.63, 3.8) is 0 Å². The highest BCUT2D eigenvalue weighted by Crippen LogP contribution is 2.39. The van der Waals surface area contributed by atoms with Crippen molar-refractivity contribution in [3.8, 4) is 26.7 Å². The van der Waals surface area contributed by atoms with Crippen LogP contribution in [0, 0.1) is 6.92 Å². The number of hydrogen-bond acceptors (Lipinski definition) is 4. The molecule has 0 aliphatic carbocycles. The number of alkyl halides is 3. The molecule has 9 heteroatoms. The Bertz CT molecular complexity index is 1270. The van der Waals surface area contributed by atoms with Gasteiger partial charge in [-0.1, -0.05) is 36.7 Å². The first-order valence-corrected chi connectivity index (χ1v) is 12.1. The van der Waals surface area contributed by atoms with Gasteiger partial charge in [0.15, 0.2) is 5.69 Å². The van der Waals surface area contributed by atoms with E-state index >= 15 is 0 Å². The van der Waals surface area contributed by atoms with E-state index < -0.39 is 11.9 Å². The van der Waals surface area contributed by atoms with Crippen molar-refractivity contribution >= 4 is 35.0 Å². The second-order valence-corrected chi connectivity index (χ2v) is 9.75. The predicted molar refractivity (Wildman–Crippen MR) is 129 cm³/mol. The summed E-state index contributed by atoms with van der Waals surface area (Å²) >= 11 is 8.86. The molecule has 33 heavy (non-hydrogen) atoms. The van der Waals surface area contributed by atoms with Crippen molar-refractivity contribution in [2.75, 3.05) is 6.61 Å². The second kappa shape index (κ2) is 9.93. The molecule has 172 valence electrons. The lowest BCUT2D eigenvalue weighted by molar-refractivity contribution is -0.141. The van der Waals surface area contributed by atoms with E-state index in [1.165, 1.54) is 28.1 Å². The Labute approximate surface area is 203 Å². The molecule has 0 aliphatic rings. The standard InChI is InChI=1S/C24H20ClF3N2OS2/c1-3-11-31-33-18-6-4-5-16(12-18)21-9-10-22(32-21)20-14-23(24(26,27)28)29-30(20)19-13-17(25)8-7-15(19)2/h4-10,12-14H,3,11H2,1-2H3. The molecule has 4 rings (SSSR count). The van der Waals surface area contributed by atoms with Crippen LogP contribution < -0.4 is 0 Å². The Morgan fingerprint density at radius 2 is 1.85 bits per heavy atom. The number of aryl methyl sites for hydroxylation is 1. The number of hydrogen-bond donors (Lipinski definition) is 0. The van der Waals surface area contributed by atoms with Crippen molar-refractivity contribution in [2.24, 2.45) is 0 Å². The van der Waals surface area contributed by atoms with Crippen LogP contribution in [-0.4, -0.2) is 16.4 Å². The molecule has 0 amide bonds. The lowest BCUT2D eigenvalue weighted by Gasteiger charge is -2.10. The Hall–Kier alpha value is -2.26. The molecule has 0 atom stereocenters. The van der Waals surface area contributed by atoms with E-state index in [1.54, 1.807) is 18.2 Å². The van der Waals surface area contributed by atoms with Gasteiger partial charge in [-0.25, -0.2) is 4.68 Å². The number of halogens is 4.